The SMILES string of the molecule is CC(C)CCCNC(=O)NC(C(=O)O)C(C)C. The minimum atomic E-state index is -1.00. The van der Waals surface area contributed by atoms with E-state index in [1.54, 1.807) is 13.8 Å². The van der Waals surface area contributed by atoms with Crippen LogP contribution < -0.4 is 10.6 Å². The van der Waals surface area contributed by atoms with Crippen molar-refractivity contribution in [3.63, 3.8) is 0 Å². The number of carbonyl (C=O) groups excluding carboxylic acids is 1. The topological polar surface area (TPSA) is 78.4 Å². The van der Waals surface area contributed by atoms with Crippen LogP contribution in [0.1, 0.15) is 40.5 Å². The van der Waals surface area contributed by atoms with Crippen LogP contribution in [-0.2, 0) is 4.79 Å². The molecule has 5 heteroatoms. The number of rotatable bonds is 7. The van der Waals surface area contributed by atoms with Gasteiger partial charge < -0.3 is 15.7 Å². The fourth-order valence-corrected chi connectivity index (χ4v) is 1.42. The maximum atomic E-state index is 11.4. The summed E-state index contributed by atoms with van der Waals surface area (Å²) in [7, 11) is 0. The van der Waals surface area contributed by atoms with Crippen LogP contribution in [0.5, 0.6) is 0 Å². The van der Waals surface area contributed by atoms with Gasteiger partial charge in [0.1, 0.15) is 6.04 Å². The minimum Gasteiger partial charge on any atom is -0.480 e. The van der Waals surface area contributed by atoms with Crippen molar-refractivity contribution in [3.05, 3.63) is 0 Å². The van der Waals surface area contributed by atoms with Gasteiger partial charge in [0.2, 0.25) is 0 Å². The van der Waals surface area contributed by atoms with Crippen molar-refractivity contribution in [2.75, 3.05) is 6.54 Å². The molecule has 0 spiro atoms. The van der Waals surface area contributed by atoms with Crippen LogP contribution in [0, 0.1) is 11.8 Å². The van der Waals surface area contributed by atoms with Gasteiger partial charge in [0.05, 0.1) is 0 Å². The second-order valence-electron chi connectivity index (χ2n) is 5.00. The smallest absolute Gasteiger partial charge is 0.326 e. The van der Waals surface area contributed by atoms with Gasteiger partial charge >= 0.3 is 12.0 Å². The molecule has 0 fully saturated rings. The molecule has 1 unspecified atom stereocenters. The van der Waals surface area contributed by atoms with Crippen LogP contribution in [0.2, 0.25) is 0 Å². The van der Waals surface area contributed by atoms with Gasteiger partial charge in [-0.3, -0.25) is 0 Å². The molecule has 0 saturated carbocycles. The highest BCUT2D eigenvalue weighted by Gasteiger charge is 2.22. The molecular weight excluding hydrogens is 220 g/mol. The zero-order valence-corrected chi connectivity index (χ0v) is 11.1. The lowest BCUT2D eigenvalue weighted by Gasteiger charge is -2.18. The average molecular weight is 244 g/mol. The molecule has 0 heterocycles. The Balaban J connectivity index is 3.87. The van der Waals surface area contributed by atoms with Crippen molar-refractivity contribution < 1.29 is 14.7 Å². The van der Waals surface area contributed by atoms with E-state index in [4.69, 9.17) is 5.11 Å². The Bertz CT molecular complexity index is 252. The molecule has 0 aliphatic heterocycles. The first kappa shape index (κ1) is 15.7. The van der Waals surface area contributed by atoms with E-state index in [2.05, 4.69) is 24.5 Å². The van der Waals surface area contributed by atoms with E-state index in [1.807, 2.05) is 0 Å². The summed E-state index contributed by atoms with van der Waals surface area (Å²) >= 11 is 0. The maximum Gasteiger partial charge on any atom is 0.326 e. The second-order valence-corrected chi connectivity index (χ2v) is 5.00. The molecule has 0 aromatic carbocycles. The summed E-state index contributed by atoms with van der Waals surface area (Å²) in [5.41, 5.74) is 0. The number of hydrogen-bond donors (Lipinski definition) is 3. The molecule has 100 valence electrons. The molecule has 0 aromatic rings. The Labute approximate surface area is 103 Å². The molecule has 0 aliphatic rings. The fraction of sp³-hybridized carbons (Fsp3) is 0.833. The third kappa shape index (κ3) is 7.60. The summed E-state index contributed by atoms with van der Waals surface area (Å²) in [6, 6.07) is -1.24. The van der Waals surface area contributed by atoms with Crippen molar-refractivity contribution >= 4 is 12.0 Å². The van der Waals surface area contributed by atoms with E-state index in [0.29, 0.717) is 12.5 Å². The Morgan fingerprint density at radius 3 is 2.18 bits per heavy atom. The van der Waals surface area contributed by atoms with Gasteiger partial charge in [-0.05, 0) is 24.7 Å². The molecule has 0 aromatic heterocycles. The van der Waals surface area contributed by atoms with Crippen LogP contribution in [0.25, 0.3) is 0 Å². The van der Waals surface area contributed by atoms with Crippen molar-refractivity contribution in [1.29, 1.82) is 0 Å². The molecule has 17 heavy (non-hydrogen) atoms. The van der Waals surface area contributed by atoms with Crippen molar-refractivity contribution in [1.82, 2.24) is 10.6 Å². The number of carbonyl (C=O) groups is 2. The summed E-state index contributed by atoms with van der Waals surface area (Å²) in [5, 5.41) is 14.0. The van der Waals surface area contributed by atoms with Crippen LogP contribution in [0.4, 0.5) is 4.79 Å². The summed E-state index contributed by atoms with van der Waals surface area (Å²) in [6.45, 7) is 8.35. The lowest BCUT2D eigenvalue weighted by Crippen LogP contribution is -2.48. The first-order valence-corrected chi connectivity index (χ1v) is 6.11. The number of hydrogen-bond acceptors (Lipinski definition) is 2. The van der Waals surface area contributed by atoms with Crippen molar-refractivity contribution in [3.8, 4) is 0 Å². The predicted octanol–water partition coefficient (Wildman–Crippen LogP) is 1.83. The van der Waals surface area contributed by atoms with Gasteiger partial charge in [-0.15, -0.1) is 0 Å². The molecule has 0 bridgehead atoms. The van der Waals surface area contributed by atoms with E-state index in [-0.39, 0.29) is 5.92 Å². The van der Waals surface area contributed by atoms with Gasteiger partial charge in [0.25, 0.3) is 0 Å². The van der Waals surface area contributed by atoms with Crippen LogP contribution in [-0.4, -0.2) is 29.7 Å². The standard InChI is InChI=1S/C12H24N2O3/c1-8(2)6-5-7-13-12(17)14-10(9(3)4)11(15)16/h8-10H,5-7H2,1-4H3,(H,15,16)(H2,13,14,17). The Hall–Kier alpha value is -1.26. The number of aliphatic carboxylic acids is 1. The first-order valence-electron chi connectivity index (χ1n) is 6.11. The molecule has 0 saturated heterocycles. The zero-order chi connectivity index (χ0) is 13.4. The lowest BCUT2D eigenvalue weighted by molar-refractivity contribution is -0.140. The van der Waals surface area contributed by atoms with Crippen molar-refractivity contribution in [2.45, 2.75) is 46.6 Å². The zero-order valence-electron chi connectivity index (χ0n) is 11.1. The van der Waals surface area contributed by atoms with Gasteiger partial charge in [-0.25, -0.2) is 9.59 Å². The van der Waals surface area contributed by atoms with E-state index in [0.717, 1.165) is 12.8 Å². The monoisotopic (exact) mass is 244 g/mol. The second kappa shape index (κ2) is 7.92. The maximum absolute atomic E-state index is 11.4. The van der Waals surface area contributed by atoms with Gasteiger partial charge in [0.15, 0.2) is 0 Å². The first-order chi connectivity index (χ1) is 7.84. The van der Waals surface area contributed by atoms with E-state index >= 15 is 0 Å². The fourth-order valence-electron chi connectivity index (χ4n) is 1.42. The molecular formula is C12H24N2O3. The minimum absolute atomic E-state index is 0.131. The summed E-state index contributed by atoms with van der Waals surface area (Å²) < 4.78 is 0. The molecule has 5 nitrogen and oxygen atoms in total. The van der Waals surface area contributed by atoms with Crippen LogP contribution in [0.3, 0.4) is 0 Å². The lowest BCUT2D eigenvalue weighted by atomic mass is 10.1. The molecule has 3 N–H and O–H groups in total. The highest BCUT2D eigenvalue weighted by atomic mass is 16.4. The van der Waals surface area contributed by atoms with Crippen molar-refractivity contribution in [2.24, 2.45) is 11.8 Å². The van der Waals surface area contributed by atoms with E-state index < -0.39 is 18.0 Å². The van der Waals surface area contributed by atoms with Gasteiger partial charge in [0, 0.05) is 6.54 Å². The van der Waals surface area contributed by atoms with Gasteiger partial charge in [-0.1, -0.05) is 27.7 Å². The number of urea groups is 1. The summed E-state index contributed by atoms with van der Waals surface area (Å²) in [5.74, 6) is -0.520. The third-order valence-corrected chi connectivity index (χ3v) is 2.46. The van der Waals surface area contributed by atoms with E-state index in [1.165, 1.54) is 0 Å². The number of carboxylic acid groups (broad SMARTS) is 1. The summed E-state index contributed by atoms with van der Waals surface area (Å²) in [6.07, 6.45) is 1.96. The van der Waals surface area contributed by atoms with E-state index in [9.17, 15) is 9.59 Å². The molecule has 0 rings (SSSR count). The Morgan fingerprint density at radius 1 is 1.18 bits per heavy atom. The average Bonchev–Trinajstić information content (AvgIpc) is 2.19. The molecule has 0 aliphatic carbocycles. The largest absolute Gasteiger partial charge is 0.480 e. The molecule has 2 amide bonds. The summed E-state index contributed by atoms with van der Waals surface area (Å²) in [4.78, 5) is 22.3. The quantitative estimate of drug-likeness (QED) is 0.598. The molecule has 1 atom stereocenters. The Morgan fingerprint density at radius 2 is 1.76 bits per heavy atom. The highest BCUT2D eigenvalue weighted by Crippen LogP contribution is 2.03. The third-order valence-electron chi connectivity index (χ3n) is 2.46. The van der Waals surface area contributed by atoms with Gasteiger partial charge in [-0.2, -0.15) is 0 Å². The Kier molecular flexibility index (Phi) is 7.34. The van der Waals surface area contributed by atoms with Crippen LogP contribution >= 0.6 is 0 Å². The highest BCUT2D eigenvalue weighted by molar-refractivity contribution is 5.82. The number of amides is 2. The predicted molar refractivity (Wildman–Crippen MR) is 66.9 cm³/mol. The molecule has 0 radical (unpaired) electrons. The normalized spacial score (nSPS) is 12.6. The van der Waals surface area contributed by atoms with Crippen LogP contribution in [0.15, 0.2) is 0 Å². The number of nitrogens with one attached hydrogen (secondary N) is 2. The number of carboxylic acids is 1.